The fraction of sp³-hybridized carbons (Fsp3) is 0.240. The van der Waals surface area contributed by atoms with Crippen molar-refractivity contribution in [1.29, 1.82) is 0 Å². The van der Waals surface area contributed by atoms with Gasteiger partial charge < -0.3 is 10.6 Å². The first-order valence-corrected chi connectivity index (χ1v) is 10.9. The molecule has 2 amide bonds. The molecule has 0 radical (unpaired) electrons. The van der Waals surface area contributed by atoms with Crippen LogP contribution < -0.4 is 5.73 Å². The highest BCUT2D eigenvalue weighted by Gasteiger charge is 2.34. The summed E-state index contributed by atoms with van der Waals surface area (Å²) in [6.45, 7) is 2.10. The Bertz CT molecular complexity index is 1200. The average Bonchev–Trinajstić information content (AvgIpc) is 3.21. The summed E-state index contributed by atoms with van der Waals surface area (Å²) in [6.07, 6.45) is 3.23. The number of pyridine rings is 1. The van der Waals surface area contributed by atoms with Crippen molar-refractivity contribution in [3.63, 3.8) is 0 Å². The molecule has 3 aromatic rings. The van der Waals surface area contributed by atoms with E-state index in [-0.39, 0.29) is 29.0 Å². The van der Waals surface area contributed by atoms with Gasteiger partial charge in [0, 0.05) is 28.9 Å². The van der Waals surface area contributed by atoms with E-state index in [2.05, 4.69) is 4.98 Å². The monoisotopic (exact) mass is 451 g/mol. The van der Waals surface area contributed by atoms with Gasteiger partial charge in [0.1, 0.15) is 11.5 Å². The quantitative estimate of drug-likeness (QED) is 0.581. The fourth-order valence-corrected chi connectivity index (χ4v) is 4.65. The van der Waals surface area contributed by atoms with E-state index in [9.17, 15) is 14.0 Å². The van der Waals surface area contributed by atoms with E-state index in [1.54, 1.807) is 29.2 Å². The van der Waals surface area contributed by atoms with Gasteiger partial charge >= 0.3 is 0 Å². The summed E-state index contributed by atoms with van der Waals surface area (Å²) in [5.41, 5.74) is 8.94. The zero-order valence-electron chi connectivity index (χ0n) is 17.6. The predicted octanol–water partition coefficient (Wildman–Crippen LogP) is 4.87. The molecule has 5 nitrogen and oxygen atoms in total. The number of amides is 2. The summed E-state index contributed by atoms with van der Waals surface area (Å²) in [4.78, 5) is 31.6. The molecule has 7 heteroatoms. The number of rotatable bonds is 6. The van der Waals surface area contributed by atoms with Gasteiger partial charge in [-0.2, -0.15) is 0 Å². The Kier molecular flexibility index (Phi) is 6.24. The zero-order chi connectivity index (χ0) is 22.8. The second-order valence-corrected chi connectivity index (χ2v) is 8.27. The molecule has 1 heterocycles. The highest BCUT2D eigenvalue weighted by molar-refractivity contribution is 6.30. The summed E-state index contributed by atoms with van der Waals surface area (Å²) >= 11 is 6.16. The van der Waals surface area contributed by atoms with Crippen LogP contribution in [0.4, 0.5) is 4.39 Å². The van der Waals surface area contributed by atoms with Crippen LogP contribution in [-0.4, -0.2) is 21.7 Å². The predicted molar refractivity (Wildman–Crippen MR) is 121 cm³/mol. The molecule has 164 valence electrons. The van der Waals surface area contributed by atoms with Gasteiger partial charge in [-0.1, -0.05) is 42.8 Å². The third-order valence-electron chi connectivity index (χ3n) is 5.95. The molecule has 2 N–H and O–H groups in total. The lowest BCUT2D eigenvalue weighted by Crippen LogP contribution is -2.35. The first kappa shape index (κ1) is 22.0. The Morgan fingerprint density at radius 1 is 1.19 bits per heavy atom. The van der Waals surface area contributed by atoms with Gasteiger partial charge in [-0.05, 0) is 60.2 Å². The summed E-state index contributed by atoms with van der Waals surface area (Å²) < 4.78 is 14.6. The van der Waals surface area contributed by atoms with Crippen molar-refractivity contribution in [3.8, 4) is 0 Å². The lowest BCUT2D eigenvalue weighted by molar-refractivity contribution is 0.0654. The van der Waals surface area contributed by atoms with Crippen molar-refractivity contribution in [2.45, 2.75) is 38.8 Å². The Hall–Kier alpha value is -3.25. The van der Waals surface area contributed by atoms with Gasteiger partial charge in [0.2, 0.25) is 0 Å². The van der Waals surface area contributed by atoms with Crippen LogP contribution in [-0.2, 0) is 19.4 Å². The summed E-state index contributed by atoms with van der Waals surface area (Å²) in [6, 6.07) is 13.5. The third kappa shape index (κ3) is 4.10. The fourth-order valence-electron chi connectivity index (χ4n) is 4.43. The number of nitrogens with two attached hydrogens (primary N) is 1. The molecule has 0 unspecified atom stereocenters. The topological polar surface area (TPSA) is 76.3 Å². The van der Waals surface area contributed by atoms with E-state index in [4.69, 9.17) is 17.3 Å². The first-order valence-electron chi connectivity index (χ1n) is 10.5. The lowest BCUT2D eigenvalue weighted by atomic mass is 10.00. The maximum Gasteiger partial charge on any atom is 0.267 e. The Morgan fingerprint density at radius 2 is 1.94 bits per heavy atom. The van der Waals surface area contributed by atoms with E-state index in [1.807, 2.05) is 25.1 Å². The number of carbonyl (C=O) groups excluding carboxylic acids is 2. The molecule has 0 bridgehead atoms. The lowest BCUT2D eigenvalue weighted by Gasteiger charge is -2.31. The number of benzene rings is 2. The van der Waals surface area contributed by atoms with E-state index in [0.29, 0.717) is 41.5 Å². The number of hydrogen-bond acceptors (Lipinski definition) is 3. The number of nitrogens with zero attached hydrogens (tertiary/aromatic N) is 2. The van der Waals surface area contributed by atoms with Crippen molar-refractivity contribution in [2.75, 3.05) is 0 Å². The van der Waals surface area contributed by atoms with E-state index < -0.39 is 11.9 Å². The molecule has 0 saturated carbocycles. The van der Waals surface area contributed by atoms with Gasteiger partial charge in [0.15, 0.2) is 0 Å². The highest BCUT2D eigenvalue weighted by Crippen LogP contribution is 2.40. The van der Waals surface area contributed by atoms with Crippen molar-refractivity contribution in [1.82, 2.24) is 9.88 Å². The third-order valence-corrected chi connectivity index (χ3v) is 6.17. The SMILES string of the molecule is CCc1ccccc1C(=O)N(Cc1cccnc1C(N)=O)[C@@H]1CCc2c(F)cc(Cl)cc21. The standard InChI is InChI=1S/C25H23ClFN3O2/c1-2-15-6-3-4-8-18(15)25(32)30(14-16-7-5-11-29-23(16)24(28)31)22-10-9-19-20(22)12-17(26)13-21(19)27/h3-8,11-13,22H,2,9-10,14H2,1H3,(H2,28,31)/t22-/m1/s1. The molecule has 2 aromatic carbocycles. The Balaban J connectivity index is 1.82. The normalized spacial score (nSPS) is 14.8. The Labute approximate surface area is 191 Å². The van der Waals surface area contributed by atoms with Crippen molar-refractivity contribution < 1.29 is 14.0 Å². The molecule has 1 aliphatic rings. The number of fused-ring (bicyclic) bond motifs is 1. The van der Waals surface area contributed by atoms with Crippen LogP contribution in [0.5, 0.6) is 0 Å². The molecule has 32 heavy (non-hydrogen) atoms. The van der Waals surface area contributed by atoms with Crippen LogP contribution in [0.15, 0.2) is 54.7 Å². The molecule has 0 saturated heterocycles. The second-order valence-electron chi connectivity index (χ2n) is 7.83. The van der Waals surface area contributed by atoms with Crippen LogP contribution >= 0.6 is 11.6 Å². The highest BCUT2D eigenvalue weighted by atomic mass is 35.5. The van der Waals surface area contributed by atoms with E-state index >= 15 is 0 Å². The molecule has 1 atom stereocenters. The van der Waals surface area contributed by atoms with E-state index in [1.165, 1.54) is 12.3 Å². The van der Waals surface area contributed by atoms with Gasteiger partial charge in [0.25, 0.3) is 11.8 Å². The summed E-state index contributed by atoms with van der Waals surface area (Å²) in [5.74, 6) is -1.22. The van der Waals surface area contributed by atoms with Crippen molar-refractivity contribution in [3.05, 3.63) is 99.1 Å². The Morgan fingerprint density at radius 3 is 2.69 bits per heavy atom. The molecule has 4 rings (SSSR count). The molecule has 0 aliphatic heterocycles. The molecular weight excluding hydrogens is 429 g/mol. The number of aryl methyl sites for hydroxylation is 1. The molecule has 0 spiro atoms. The molecule has 1 aromatic heterocycles. The van der Waals surface area contributed by atoms with Crippen LogP contribution in [0.25, 0.3) is 0 Å². The minimum Gasteiger partial charge on any atom is -0.364 e. The van der Waals surface area contributed by atoms with Gasteiger partial charge in [0.05, 0.1) is 6.04 Å². The average molecular weight is 452 g/mol. The molecule has 1 aliphatic carbocycles. The summed E-state index contributed by atoms with van der Waals surface area (Å²) in [7, 11) is 0. The molecule has 0 fully saturated rings. The number of carbonyl (C=O) groups is 2. The minimum absolute atomic E-state index is 0.112. The van der Waals surface area contributed by atoms with Gasteiger partial charge in [-0.15, -0.1) is 0 Å². The zero-order valence-corrected chi connectivity index (χ0v) is 18.4. The first-order chi connectivity index (χ1) is 15.4. The second kappa shape index (κ2) is 9.09. The molecular formula is C25H23ClFN3O2. The van der Waals surface area contributed by atoms with Crippen LogP contribution in [0.1, 0.15) is 62.5 Å². The minimum atomic E-state index is -0.664. The van der Waals surface area contributed by atoms with E-state index in [0.717, 1.165) is 5.56 Å². The largest absolute Gasteiger partial charge is 0.364 e. The van der Waals surface area contributed by atoms with Crippen molar-refractivity contribution in [2.24, 2.45) is 5.73 Å². The number of hydrogen-bond donors (Lipinski definition) is 1. The smallest absolute Gasteiger partial charge is 0.267 e. The van der Waals surface area contributed by atoms with Crippen molar-refractivity contribution >= 4 is 23.4 Å². The van der Waals surface area contributed by atoms with Crippen LogP contribution in [0.2, 0.25) is 5.02 Å². The number of aromatic nitrogens is 1. The van der Waals surface area contributed by atoms with Gasteiger partial charge in [-0.25, -0.2) is 4.39 Å². The maximum atomic E-state index is 14.6. The van der Waals surface area contributed by atoms with Crippen LogP contribution in [0.3, 0.4) is 0 Å². The van der Waals surface area contributed by atoms with Gasteiger partial charge in [-0.3, -0.25) is 14.6 Å². The van der Waals surface area contributed by atoms with Crippen LogP contribution in [0, 0.1) is 5.82 Å². The summed E-state index contributed by atoms with van der Waals surface area (Å²) in [5, 5.41) is 0.286. The maximum absolute atomic E-state index is 14.6. The number of halogens is 2. The number of primary amides is 1.